The molecule has 1 amide bonds. The molecule has 1 N–H and O–H groups in total. The van der Waals surface area contributed by atoms with Crippen LogP contribution in [0.5, 0.6) is 5.75 Å². The molecule has 0 spiro atoms. The van der Waals surface area contributed by atoms with Crippen molar-refractivity contribution in [2.75, 3.05) is 43.9 Å². The number of nitrogens with zero attached hydrogens (tertiary/aromatic N) is 3. The third kappa shape index (κ3) is 4.60. The highest BCUT2D eigenvalue weighted by molar-refractivity contribution is 8.15. The second kappa shape index (κ2) is 9.00. The summed E-state index contributed by atoms with van der Waals surface area (Å²) in [6.07, 6.45) is 2.32. The first-order chi connectivity index (χ1) is 15.9. The van der Waals surface area contributed by atoms with Crippen molar-refractivity contribution in [2.24, 2.45) is 4.40 Å². The van der Waals surface area contributed by atoms with Crippen molar-refractivity contribution in [3.63, 3.8) is 0 Å². The molecule has 1 atom stereocenters. The van der Waals surface area contributed by atoms with E-state index in [9.17, 15) is 13.2 Å². The van der Waals surface area contributed by atoms with Crippen LogP contribution in [0.2, 0.25) is 0 Å². The minimum atomic E-state index is -3.41. The Morgan fingerprint density at radius 3 is 2.79 bits per heavy atom. The van der Waals surface area contributed by atoms with Gasteiger partial charge in [-0.1, -0.05) is 12.1 Å². The van der Waals surface area contributed by atoms with Gasteiger partial charge in [0.2, 0.25) is 0 Å². The Labute approximate surface area is 198 Å². The Hall–Kier alpha value is -2.56. The van der Waals surface area contributed by atoms with Gasteiger partial charge in [-0.3, -0.25) is 9.69 Å². The van der Waals surface area contributed by atoms with Gasteiger partial charge in [0, 0.05) is 23.5 Å². The Bertz CT molecular complexity index is 1210. The highest BCUT2D eigenvalue weighted by Gasteiger charge is 2.33. The van der Waals surface area contributed by atoms with E-state index in [1.54, 1.807) is 13.2 Å². The number of benzene rings is 2. The van der Waals surface area contributed by atoms with E-state index < -0.39 is 10.0 Å². The minimum absolute atomic E-state index is 0.000890. The van der Waals surface area contributed by atoms with E-state index in [1.807, 2.05) is 35.2 Å². The molecule has 8 nitrogen and oxygen atoms in total. The molecule has 3 aliphatic heterocycles. The van der Waals surface area contributed by atoms with Crippen LogP contribution in [0.3, 0.4) is 0 Å². The number of sulfonamides is 1. The number of amides is 1. The number of carbonyl (C=O) groups excluding carboxylic acids is 1. The summed E-state index contributed by atoms with van der Waals surface area (Å²) in [5.41, 5.74) is 2.57. The zero-order chi connectivity index (χ0) is 23.0. The molecule has 33 heavy (non-hydrogen) atoms. The molecule has 1 saturated heterocycles. The molecule has 2 aromatic carbocycles. The van der Waals surface area contributed by atoms with Crippen molar-refractivity contribution in [2.45, 2.75) is 23.8 Å². The zero-order valence-corrected chi connectivity index (χ0v) is 20.0. The number of rotatable bonds is 6. The largest absolute Gasteiger partial charge is 0.497 e. The van der Waals surface area contributed by atoms with Gasteiger partial charge in [-0.15, -0.1) is 4.40 Å². The predicted octanol–water partition coefficient (Wildman–Crippen LogP) is 2.87. The zero-order valence-electron chi connectivity index (χ0n) is 18.4. The number of amidine groups is 1. The normalized spacial score (nSPS) is 20.0. The second-order valence-electron chi connectivity index (χ2n) is 8.34. The van der Waals surface area contributed by atoms with Crippen molar-refractivity contribution in [3.8, 4) is 5.75 Å². The van der Waals surface area contributed by atoms with Crippen molar-refractivity contribution >= 4 is 38.5 Å². The third-order valence-corrected chi connectivity index (χ3v) is 8.56. The molecular weight excluding hydrogens is 460 g/mol. The first kappa shape index (κ1) is 22.2. The number of likely N-dealkylation sites (tertiary alicyclic amines) is 1. The number of ether oxygens (including phenoxy) is 1. The van der Waals surface area contributed by atoms with Crippen LogP contribution in [0.4, 0.5) is 5.69 Å². The van der Waals surface area contributed by atoms with Gasteiger partial charge in [0.05, 0.1) is 24.6 Å². The quantitative estimate of drug-likeness (QED) is 0.671. The third-order valence-electron chi connectivity index (χ3n) is 6.25. The first-order valence-electron chi connectivity index (χ1n) is 11.0. The molecule has 1 unspecified atom stereocenters. The SMILES string of the molecule is COc1cccc(C(CNC(=O)c2ccc3c(c2)SC2=NS(=O)(=O)CCN23)N2CCCC2)c1. The van der Waals surface area contributed by atoms with E-state index in [1.165, 1.54) is 11.8 Å². The molecule has 10 heteroatoms. The lowest BCUT2D eigenvalue weighted by Gasteiger charge is -2.28. The lowest BCUT2D eigenvalue weighted by atomic mass is 10.0. The number of hydrogen-bond acceptors (Lipinski definition) is 7. The van der Waals surface area contributed by atoms with Crippen molar-refractivity contribution < 1.29 is 17.9 Å². The summed E-state index contributed by atoms with van der Waals surface area (Å²) >= 11 is 1.29. The maximum absolute atomic E-state index is 13.0. The highest BCUT2D eigenvalue weighted by atomic mass is 32.2. The fraction of sp³-hybridized carbons (Fsp3) is 0.391. The molecule has 1 fully saturated rings. The lowest BCUT2D eigenvalue weighted by Crippen LogP contribution is -2.37. The molecule has 0 aromatic heterocycles. The van der Waals surface area contributed by atoms with Gasteiger partial charge < -0.3 is 15.0 Å². The van der Waals surface area contributed by atoms with E-state index in [0.717, 1.165) is 47.8 Å². The molecule has 3 aliphatic rings. The predicted molar refractivity (Wildman–Crippen MR) is 130 cm³/mol. The average Bonchev–Trinajstić information content (AvgIpc) is 3.45. The molecule has 0 bridgehead atoms. The van der Waals surface area contributed by atoms with Gasteiger partial charge in [0.1, 0.15) is 5.75 Å². The standard InChI is InChI=1S/C23H26N4O4S2/c1-31-18-6-4-5-16(13-18)20(26-9-2-3-10-26)15-24-22(28)17-7-8-19-21(14-17)32-23-25-33(29,30)12-11-27(19)23/h4-8,13-14,20H,2-3,9-12,15H2,1H3,(H,24,28). The molecule has 0 aliphatic carbocycles. The van der Waals surface area contributed by atoms with Crippen LogP contribution in [-0.2, 0) is 10.0 Å². The number of methoxy groups -OCH3 is 1. The van der Waals surface area contributed by atoms with Gasteiger partial charge in [0.25, 0.3) is 15.9 Å². The lowest BCUT2D eigenvalue weighted by molar-refractivity contribution is 0.0937. The fourth-order valence-electron chi connectivity index (χ4n) is 4.52. The summed E-state index contributed by atoms with van der Waals surface area (Å²) in [7, 11) is -1.75. The van der Waals surface area contributed by atoms with E-state index in [2.05, 4.69) is 20.7 Å². The number of carbonyl (C=O) groups is 1. The summed E-state index contributed by atoms with van der Waals surface area (Å²) in [5.74, 6) is 0.658. The number of fused-ring (bicyclic) bond motifs is 3. The van der Waals surface area contributed by atoms with Gasteiger partial charge in [0.15, 0.2) is 5.17 Å². The topological polar surface area (TPSA) is 91.3 Å². The Morgan fingerprint density at radius 2 is 2.00 bits per heavy atom. The monoisotopic (exact) mass is 486 g/mol. The maximum Gasteiger partial charge on any atom is 0.257 e. The van der Waals surface area contributed by atoms with E-state index in [-0.39, 0.29) is 17.7 Å². The van der Waals surface area contributed by atoms with Gasteiger partial charge in [-0.25, -0.2) is 8.42 Å². The smallest absolute Gasteiger partial charge is 0.257 e. The Morgan fingerprint density at radius 1 is 1.18 bits per heavy atom. The number of anilines is 1. The van der Waals surface area contributed by atoms with Crippen LogP contribution in [0.15, 0.2) is 51.8 Å². The van der Waals surface area contributed by atoms with Crippen LogP contribution in [0.25, 0.3) is 0 Å². The van der Waals surface area contributed by atoms with Gasteiger partial charge in [-0.05, 0) is 73.6 Å². The van der Waals surface area contributed by atoms with E-state index in [0.29, 0.717) is 23.8 Å². The summed E-state index contributed by atoms with van der Waals surface area (Å²) in [6.45, 7) is 2.89. The molecule has 174 valence electrons. The van der Waals surface area contributed by atoms with Crippen molar-refractivity contribution in [3.05, 3.63) is 53.6 Å². The van der Waals surface area contributed by atoms with Crippen molar-refractivity contribution in [1.29, 1.82) is 0 Å². The molecule has 0 radical (unpaired) electrons. The van der Waals surface area contributed by atoms with Crippen LogP contribution >= 0.6 is 11.8 Å². The molecule has 5 rings (SSSR count). The van der Waals surface area contributed by atoms with Gasteiger partial charge >= 0.3 is 0 Å². The second-order valence-corrected chi connectivity index (χ2v) is 11.1. The maximum atomic E-state index is 13.0. The summed E-state index contributed by atoms with van der Waals surface area (Å²) in [5, 5.41) is 3.57. The summed E-state index contributed by atoms with van der Waals surface area (Å²) in [4.78, 5) is 18.2. The summed E-state index contributed by atoms with van der Waals surface area (Å²) < 4.78 is 32.9. The molecular formula is C23H26N4O4S2. The Kier molecular flexibility index (Phi) is 6.07. The summed E-state index contributed by atoms with van der Waals surface area (Å²) in [6, 6.07) is 13.6. The molecule has 2 aromatic rings. The molecule has 0 saturated carbocycles. The average molecular weight is 487 g/mol. The fourth-order valence-corrected chi connectivity index (χ4v) is 6.82. The van der Waals surface area contributed by atoms with Crippen molar-refractivity contribution in [1.82, 2.24) is 10.2 Å². The van der Waals surface area contributed by atoms with Crippen LogP contribution < -0.4 is 15.0 Å². The number of hydrogen-bond donors (Lipinski definition) is 1. The number of thioether (sulfide) groups is 1. The van der Waals surface area contributed by atoms with Crippen LogP contribution in [-0.4, -0.2) is 63.4 Å². The highest BCUT2D eigenvalue weighted by Crippen LogP contribution is 2.42. The van der Waals surface area contributed by atoms with Crippen LogP contribution in [0, 0.1) is 0 Å². The van der Waals surface area contributed by atoms with Gasteiger partial charge in [-0.2, -0.15) is 0 Å². The van der Waals surface area contributed by atoms with Crippen LogP contribution in [0.1, 0.15) is 34.8 Å². The minimum Gasteiger partial charge on any atom is -0.497 e. The Balaban J connectivity index is 1.32. The van der Waals surface area contributed by atoms with E-state index in [4.69, 9.17) is 4.74 Å². The molecule has 3 heterocycles. The first-order valence-corrected chi connectivity index (χ1v) is 13.4. The number of nitrogens with one attached hydrogen (secondary N) is 1. The van der Waals surface area contributed by atoms with E-state index >= 15 is 0 Å².